The highest BCUT2D eigenvalue weighted by molar-refractivity contribution is 7.80. The van der Waals surface area contributed by atoms with Gasteiger partial charge >= 0.3 is 0 Å². The zero-order valence-electron chi connectivity index (χ0n) is 12.3. The zero-order valence-corrected chi connectivity index (χ0v) is 13.2. The summed E-state index contributed by atoms with van der Waals surface area (Å²) < 4.78 is 0. The predicted molar refractivity (Wildman–Crippen MR) is 98.4 cm³/mol. The van der Waals surface area contributed by atoms with Crippen molar-refractivity contribution in [1.29, 1.82) is 0 Å². The van der Waals surface area contributed by atoms with Crippen molar-refractivity contribution in [3.63, 3.8) is 0 Å². The Kier molecular flexibility index (Phi) is 2.53. The van der Waals surface area contributed by atoms with Crippen LogP contribution in [0.5, 0.6) is 0 Å². The number of rotatable bonds is 1. The van der Waals surface area contributed by atoms with Crippen molar-refractivity contribution in [3.8, 4) is 0 Å². The lowest BCUT2D eigenvalue weighted by Crippen LogP contribution is -2.12. The van der Waals surface area contributed by atoms with Gasteiger partial charge in [-0.1, -0.05) is 18.2 Å². The smallest absolute Gasteiger partial charge is 0.271 e. The number of fused-ring (bicyclic) bond motifs is 3. The number of non-ortho nitro benzene ring substituents is 1. The summed E-state index contributed by atoms with van der Waals surface area (Å²) in [6.45, 7) is 0. The summed E-state index contributed by atoms with van der Waals surface area (Å²) in [5.74, 6) is 0. The van der Waals surface area contributed by atoms with Crippen molar-refractivity contribution in [2.75, 3.05) is 10.6 Å². The molecule has 2 N–H and O–H groups in total. The number of hydrogen-bond acceptors (Lipinski definition) is 5. The van der Waals surface area contributed by atoms with E-state index in [1.807, 2.05) is 18.2 Å². The van der Waals surface area contributed by atoms with Crippen LogP contribution in [0.3, 0.4) is 0 Å². The average molecular weight is 333 g/mol. The molecule has 0 atom stereocenters. The third-order valence-electron chi connectivity index (χ3n) is 4.48. The molecule has 24 heavy (non-hydrogen) atoms. The van der Waals surface area contributed by atoms with E-state index in [0.29, 0.717) is 5.69 Å². The van der Waals surface area contributed by atoms with Crippen LogP contribution in [0.15, 0.2) is 53.4 Å². The maximum Gasteiger partial charge on any atom is 0.271 e. The molecule has 0 bridgehead atoms. The molecule has 3 aromatic carbocycles. The fourth-order valence-electron chi connectivity index (χ4n) is 3.47. The molecule has 0 unspecified atom stereocenters. The van der Waals surface area contributed by atoms with Gasteiger partial charge in [0.15, 0.2) is 0 Å². The van der Waals surface area contributed by atoms with E-state index in [-0.39, 0.29) is 10.6 Å². The Morgan fingerprint density at radius 1 is 0.917 bits per heavy atom. The van der Waals surface area contributed by atoms with Gasteiger partial charge in [-0.2, -0.15) is 0 Å². The summed E-state index contributed by atoms with van der Waals surface area (Å²) in [5, 5.41) is 20.1. The van der Waals surface area contributed by atoms with Gasteiger partial charge in [-0.05, 0) is 23.6 Å². The van der Waals surface area contributed by atoms with Crippen LogP contribution >= 0.6 is 12.6 Å². The molecular weight excluding hydrogens is 322 g/mol. The number of anilines is 2. The SMILES string of the molecule is O=[N+]([O-])c1ccc2c(c1)NC1=C(N2)c2cc(S)cc3cccc1c23. The van der Waals surface area contributed by atoms with Crippen molar-refractivity contribution >= 4 is 51.9 Å². The second-order valence-electron chi connectivity index (χ2n) is 5.88. The van der Waals surface area contributed by atoms with Crippen molar-refractivity contribution in [2.24, 2.45) is 0 Å². The van der Waals surface area contributed by atoms with Gasteiger partial charge in [-0.25, -0.2) is 0 Å². The van der Waals surface area contributed by atoms with Gasteiger partial charge in [0.1, 0.15) is 0 Å². The van der Waals surface area contributed by atoms with E-state index in [9.17, 15) is 10.1 Å². The third kappa shape index (κ3) is 1.71. The Morgan fingerprint density at radius 3 is 2.54 bits per heavy atom. The van der Waals surface area contributed by atoms with Crippen molar-refractivity contribution < 1.29 is 4.92 Å². The molecule has 5 rings (SSSR count). The molecule has 0 saturated carbocycles. The van der Waals surface area contributed by atoms with Gasteiger partial charge < -0.3 is 10.6 Å². The molecule has 6 heteroatoms. The number of thiol groups is 1. The van der Waals surface area contributed by atoms with Gasteiger partial charge in [-0.3, -0.25) is 10.1 Å². The summed E-state index contributed by atoms with van der Waals surface area (Å²) in [6.07, 6.45) is 0. The molecule has 1 aliphatic heterocycles. The van der Waals surface area contributed by atoms with E-state index in [2.05, 4.69) is 35.4 Å². The number of nitro groups is 1. The van der Waals surface area contributed by atoms with Crippen molar-refractivity contribution in [1.82, 2.24) is 0 Å². The van der Waals surface area contributed by atoms with Crippen molar-refractivity contribution in [3.05, 3.63) is 69.8 Å². The minimum Gasteiger partial charge on any atom is -0.352 e. The van der Waals surface area contributed by atoms with Crippen molar-refractivity contribution in [2.45, 2.75) is 4.90 Å². The maximum atomic E-state index is 11.0. The van der Waals surface area contributed by atoms with Crippen LogP contribution in [-0.2, 0) is 0 Å². The van der Waals surface area contributed by atoms with E-state index in [1.54, 1.807) is 12.1 Å². The predicted octanol–water partition coefficient (Wildman–Crippen LogP) is 4.71. The average Bonchev–Trinajstić information content (AvgIpc) is 2.87. The molecule has 1 aliphatic carbocycles. The molecule has 0 aromatic heterocycles. The quantitative estimate of drug-likeness (QED) is 0.343. The van der Waals surface area contributed by atoms with Crippen LogP contribution in [0.2, 0.25) is 0 Å². The lowest BCUT2D eigenvalue weighted by atomic mass is 10.0. The van der Waals surface area contributed by atoms with Crippen LogP contribution in [-0.4, -0.2) is 4.92 Å². The van der Waals surface area contributed by atoms with Crippen LogP contribution in [0, 0.1) is 10.1 Å². The fourth-order valence-corrected chi connectivity index (χ4v) is 3.74. The summed E-state index contributed by atoms with van der Waals surface area (Å²) in [7, 11) is 0. The molecule has 1 heterocycles. The maximum absolute atomic E-state index is 11.0. The molecule has 0 amide bonds. The van der Waals surface area contributed by atoms with E-state index in [1.165, 1.54) is 11.5 Å². The second kappa shape index (κ2) is 4.52. The van der Waals surface area contributed by atoms with Crippen LogP contribution in [0.25, 0.3) is 22.2 Å². The molecule has 5 nitrogen and oxygen atoms in total. The minimum absolute atomic E-state index is 0.0680. The molecule has 0 saturated heterocycles. The lowest BCUT2D eigenvalue weighted by Gasteiger charge is -2.23. The van der Waals surface area contributed by atoms with E-state index in [4.69, 9.17) is 0 Å². The molecular formula is C18H11N3O2S. The van der Waals surface area contributed by atoms with Crippen LogP contribution < -0.4 is 10.6 Å². The molecule has 2 aliphatic rings. The Morgan fingerprint density at radius 2 is 1.71 bits per heavy atom. The Balaban J connectivity index is 1.73. The first-order chi connectivity index (χ1) is 11.6. The Labute approximate surface area is 142 Å². The fraction of sp³-hybridized carbons (Fsp3) is 0. The first kappa shape index (κ1) is 13.4. The highest BCUT2D eigenvalue weighted by Crippen LogP contribution is 2.47. The summed E-state index contributed by atoms with van der Waals surface area (Å²) >= 11 is 4.51. The first-order valence-electron chi connectivity index (χ1n) is 7.45. The van der Waals surface area contributed by atoms with E-state index in [0.717, 1.165) is 38.5 Å². The minimum atomic E-state index is -0.386. The van der Waals surface area contributed by atoms with Gasteiger partial charge in [0, 0.05) is 33.5 Å². The summed E-state index contributed by atoms with van der Waals surface area (Å²) in [6, 6.07) is 15.0. The molecule has 0 spiro atoms. The first-order valence-corrected chi connectivity index (χ1v) is 7.90. The Hall–Kier alpha value is -2.99. The number of nitrogens with zero attached hydrogens (tertiary/aromatic N) is 1. The van der Waals surface area contributed by atoms with E-state index < -0.39 is 0 Å². The lowest BCUT2D eigenvalue weighted by molar-refractivity contribution is -0.384. The summed E-state index contributed by atoms with van der Waals surface area (Å²) in [5.41, 5.74) is 5.72. The zero-order chi connectivity index (χ0) is 16.4. The topological polar surface area (TPSA) is 67.2 Å². The largest absolute Gasteiger partial charge is 0.352 e. The number of nitrogens with one attached hydrogen (secondary N) is 2. The van der Waals surface area contributed by atoms with Gasteiger partial charge in [0.25, 0.3) is 5.69 Å². The Bertz CT molecular complexity index is 1100. The molecule has 3 aromatic rings. The number of benzene rings is 3. The van der Waals surface area contributed by atoms with Crippen LogP contribution in [0.4, 0.5) is 17.1 Å². The normalized spacial score (nSPS) is 14.0. The van der Waals surface area contributed by atoms with Crippen LogP contribution in [0.1, 0.15) is 11.1 Å². The standard InChI is InChI=1S/C18H11N3O2S/c22-21(23)10-4-5-14-15(7-10)20-17-12-3-1-2-9-6-11(24)8-13(16(9)12)18(17)19-14/h1-8,19-20,24H. The number of nitro benzene ring substituents is 1. The highest BCUT2D eigenvalue weighted by Gasteiger charge is 2.29. The monoisotopic (exact) mass is 333 g/mol. The number of hydrogen-bond donors (Lipinski definition) is 3. The summed E-state index contributed by atoms with van der Waals surface area (Å²) in [4.78, 5) is 11.5. The third-order valence-corrected chi connectivity index (χ3v) is 4.74. The van der Waals surface area contributed by atoms with Gasteiger partial charge in [0.2, 0.25) is 0 Å². The molecule has 116 valence electrons. The second-order valence-corrected chi connectivity index (χ2v) is 6.40. The highest BCUT2D eigenvalue weighted by atomic mass is 32.1. The molecule has 0 radical (unpaired) electrons. The van der Waals surface area contributed by atoms with Gasteiger partial charge in [0.05, 0.1) is 27.7 Å². The van der Waals surface area contributed by atoms with E-state index >= 15 is 0 Å². The molecule has 0 fully saturated rings. The van der Waals surface area contributed by atoms with Gasteiger partial charge in [-0.15, -0.1) is 12.6 Å².